The second-order valence-electron chi connectivity index (χ2n) is 4.32. The van der Waals surface area contributed by atoms with E-state index in [1.54, 1.807) is 0 Å². The van der Waals surface area contributed by atoms with E-state index < -0.39 is 11.8 Å². The summed E-state index contributed by atoms with van der Waals surface area (Å²) in [4.78, 5) is 12.6. The summed E-state index contributed by atoms with van der Waals surface area (Å²) < 4.78 is 19.4. The second-order valence-corrected chi connectivity index (χ2v) is 4.32. The van der Waals surface area contributed by atoms with Gasteiger partial charge in [0.05, 0.1) is 24.0 Å². The smallest absolute Gasteiger partial charge is 0.335 e. The molecule has 5 heteroatoms. The Morgan fingerprint density at radius 1 is 1.61 bits per heavy atom. The third-order valence-electron chi connectivity index (χ3n) is 3.13. The summed E-state index contributed by atoms with van der Waals surface area (Å²) in [7, 11) is 0. The van der Waals surface area contributed by atoms with Gasteiger partial charge in [-0.15, -0.1) is 0 Å². The first-order valence-corrected chi connectivity index (χ1v) is 6.01. The fraction of sp³-hybridized carbons (Fsp3) is 0.462. The van der Waals surface area contributed by atoms with E-state index in [0.29, 0.717) is 25.4 Å². The molecule has 1 aliphatic rings. The third kappa shape index (κ3) is 2.61. The summed E-state index contributed by atoms with van der Waals surface area (Å²) in [5.41, 5.74) is 0.415. The molecule has 1 aliphatic heterocycles. The average Bonchev–Trinajstić information content (AvgIpc) is 2.38. The van der Waals surface area contributed by atoms with E-state index in [2.05, 4.69) is 0 Å². The van der Waals surface area contributed by atoms with Crippen LogP contribution in [0.3, 0.4) is 0 Å². The van der Waals surface area contributed by atoms with Crippen molar-refractivity contribution in [2.45, 2.75) is 19.4 Å². The summed E-state index contributed by atoms with van der Waals surface area (Å²) in [6.07, 6.45) is 0.989. The summed E-state index contributed by atoms with van der Waals surface area (Å²) in [5, 5.41) is 8.79. The number of ether oxygens (including phenoxy) is 1. The van der Waals surface area contributed by atoms with E-state index in [0.717, 1.165) is 12.5 Å². The minimum Gasteiger partial charge on any atom is -0.478 e. The van der Waals surface area contributed by atoms with Gasteiger partial charge in [0.15, 0.2) is 0 Å². The summed E-state index contributed by atoms with van der Waals surface area (Å²) in [6, 6.07) is 4.02. The molecule has 0 aliphatic carbocycles. The Balaban J connectivity index is 2.20. The maximum absolute atomic E-state index is 13.9. The van der Waals surface area contributed by atoms with Gasteiger partial charge >= 0.3 is 5.97 Å². The van der Waals surface area contributed by atoms with E-state index in [4.69, 9.17) is 9.84 Å². The lowest BCUT2D eigenvalue weighted by Gasteiger charge is -2.34. The number of morpholine rings is 1. The van der Waals surface area contributed by atoms with Crippen LogP contribution in [0.5, 0.6) is 0 Å². The SMILES string of the molecule is CCC1CN(c2ccc(C(=O)O)cc2F)CCO1. The molecule has 1 saturated heterocycles. The molecule has 0 saturated carbocycles. The molecule has 1 unspecified atom stereocenters. The molecule has 1 aromatic rings. The number of aromatic carboxylic acids is 1. The molecule has 98 valence electrons. The van der Waals surface area contributed by atoms with Gasteiger partial charge in [0.2, 0.25) is 0 Å². The third-order valence-corrected chi connectivity index (χ3v) is 3.13. The number of hydrogen-bond donors (Lipinski definition) is 1. The number of hydrogen-bond acceptors (Lipinski definition) is 3. The molecule has 1 aromatic carbocycles. The van der Waals surface area contributed by atoms with Crippen LogP contribution >= 0.6 is 0 Å². The first kappa shape index (κ1) is 12.8. The molecule has 0 radical (unpaired) electrons. The average molecular weight is 253 g/mol. The Bertz CT molecular complexity index is 450. The van der Waals surface area contributed by atoms with Crippen molar-refractivity contribution in [1.82, 2.24) is 0 Å². The number of carbonyl (C=O) groups is 1. The first-order valence-electron chi connectivity index (χ1n) is 6.01. The lowest BCUT2D eigenvalue weighted by Crippen LogP contribution is -2.42. The minimum atomic E-state index is -1.12. The molecule has 18 heavy (non-hydrogen) atoms. The van der Waals surface area contributed by atoms with Gasteiger partial charge in [-0.2, -0.15) is 0 Å². The number of nitrogens with zero attached hydrogens (tertiary/aromatic N) is 1. The van der Waals surface area contributed by atoms with Crippen LogP contribution in [0.4, 0.5) is 10.1 Å². The Kier molecular flexibility index (Phi) is 3.81. The van der Waals surface area contributed by atoms with Gasteiger partial charge in [-0.25, -0.2) is 9.18 Å². The Morgan fingerprint density at radius 3 is 3.00 bits per heavy atom. The Hall–Kier alpha value is -1.62. The molecule has 1 fully saturated rings. The lowest BCUT2D eigenvalue weighted by molar-refractivity contribution is 0.0382. The fourth-order valence-corrected chi connectivity index (χ4v) is 2.08. The van der Waals surface area contributed by atoms with Crippen LogP contribution in [0, 0.1) is 5.82 Å². The van der Waals surface area contributed by atoms with Gasteiger partial charge in [0.1, 0.15) is 5.82 Å². The molecule has 2 rings (SSSR count). The normalized spacial score (nSPS) is 19.9. The molecule has 1 atom stereocenters. The van der Waals surface area contributed by atoms with Crippen LogP contribution in [0.1, 0.15) is 23.7 Å². The van der Waals surface area contributed by atoms with Crippen molar-refractivity contribution < 1.29 is 19.0 Å². The van der Waals surface area contributed by atoms with Crippen molar-refractivity contribution in [3.63, 3.8) is 0 Å². The van der Waals surface area contributed by atoms with Crippen LogP contribution in [-0.4, -0.2) is 36.9 Å². The van der Waals surface area contributed by atoms with Crippen molar-refractivity contribution in [1.29, 1.82) is 0 Å². The standard InChI is InChI=1S/C13H16FNO3/c1-2-10-8-15(5-6-18-10)12-4-3-9(13(16)17)7-11(12)14/h3-4,7,10H,2,5-6,8H2,1H3,(H,16,17). The van der Waals surface area contributed by atoms with Crippen molar-refractivity contribution in [3.8, 4) is 0 Å². The molecular weight excluding hydrogens is 237 g/mol. The number of anilines is 1. The van der Waals surface area contributed by atoms with Crippen molar-refractivity contribution >= 4 is 11.7 Å². The van der Waals surface area contributed by atoms with Crippen molar-refractivity contribution in [2.75, 3.05) is 24.6 Å². The van der Waals surface area contributed by atoms with Crippen LogP contribution in [0.15, 0.2) is 18.2 Å². The lowest BCUT2D eigenvalue weighted by atomic mass is 10.1. The second kappa shape index (κ2) is 5.35. The van der Waals surface area contributed by atoms with Crippen LogP contribution in [0.2, 0.25) is 0 Å². The van der Waals surface area contributed by atoms with Crippen LogP contribution in [0.25, 0.3) is 0 Å². The zero-order valence-corrected chi connectivity index (χ0v) is 10.2. The molecule has 0 aromatic heterocycles. The number of rotatable bonds is 3. The van der Waals surface area contributed by atoms with Crippen molar-refractivity contribution in [3.05, 3.63) is 29.6 Å². The topological polar surface area (TPSA) is 49.8 Å². The quantitative estimate of drug-likeness (QED) is 0.896. The fourth-order valence-electron chi connectivity index (χ4n) is 2.08. The highest BCUT2D eigenvalue weighted by atomic mass is 19.1. The molecule has 0 amide bonds. The number of halogens is 1. The summed E-state index contributed by atoms with van der Waals surface area (Å²) >= 11 is 0. The van der Waals surface area contributed by atoms with E-state index in [9.17, 15) is 9.18 Å². The maximum atomic E-state index is 13.9. The Morgan fingerprint density at radius 2 is 2.39 bits per heavy atom. The highest BCUT2D eigenvalue weighted by Crippen LogP contribution is 2.23. The van der Waals surface area contributed by atoms with Gasteiger partial charge < -0.3 is 14.7 Å². The highest BCUT2D eigenvalue weighted by molar-refractivity contribution is 5.88. The molecule has 0 spiro atoms. The molecular formula is C13H16FNO3. The predicted octanol–water partition coefficient (Wildman–Crippen LogP) is 2.14. The summed E-state index contributed by atoms with van der Waals surface area (Å²) in [6.45, 7) is 3.86. The number of carboxylic acid groups (broad SMARTS) is 1. The van der Waals surface area contributed by atoms with Gasteiger partial charge in [-0.3, -0.25) is 0 Å². The van der Waals surface area contributed by atoms with E-state index in [1.165, 1.54) is 12.1 Å². The van der Waals surface area contributed by atoms with Gasteiger partial charge in [-0.05, 0) is 24.6 Å². The largest absolute Gasteiger partial charge is 0.478 e. The number of carboxylic acids is 1. The minimum absolute atomic E-state index is 0.0310. The van der Waals surface area contributed by atoms with E-state index >= 15 is 0 Å². The monoisotopic (exact) mass is 253 g/mol. The zero-order valence-electron chi connectivity index (χ0n) is 10.2. The van der Waals surface area contributed by atoms with E-state index in [1.807, 2.05) is 11.8 Å². The van der Waals surface area contributed by atoms with E-state index in [-0.39, 0.29) is 11.7 Å². The predicted molar refractivity (Wildman–Crippen MR) is 65.6 cm³/mol. The van der Waals surface area contributed by atoms with Gasteiger partial charge in [-0.1, -0.05) is 6.92 Å². The molecule has 4 nitrogen and oxygen atoms in total. The maximum Gasteiger partial charge on any atom is 0.335 e. The highest BCUT2D eigenvalue weighted by Gasteiger charge is 2.21. The van der Waals surface area contributed by atoms with Crippen LogP contribution < -0.4 is 4.90 Å². The number of benzene rings is 1. The molecule has 0 bridgehead atoms. The zero-order chi connectivity index (χ0) is 13.1. The van der Waals surface area contributed by atoms with Crippen LogP contribution in [-0.2, 0) is 4.74 Å². The van der Waals surface area contributed by atoms with Gasteiger partial charge in [0, 0.05) is 13.1 Å². The van der Waals surface area contributed by atoms with Crippen molar-refractivity contribution in [2.24, 2.45) is 0 Å². The molecule has 1 heterocycles. The summed E-state index contributed by atoms with van der Waals surface area (Å²) in [5.74, 6) is -1.61. The Labute approximate surface area is 105 Å². The molecule has 1 N–H and O–H groups in total. The van der Waals surface area contributed by atoms with Gasteiger partial charge in [0.25, 0.3) is 0 Å². The first-order chi connectivity index (χ1) is 8.61.